The summed E-state index contributed by atoms with van der Waals surface area (Å²) in [5, 5.41) is 9.27. The normalized spacial score (nSPS) is 20.6. The average Bonchev–Trinajstić information content (AvgIpc) is 2.39. The summed E-state index contributed by atoms with van der Waals surface area (Å²) in [5.74, 6) is -0.330. The molecular weight excluding hydrogens is 266 g/mol. The van der Waals surface area contributed by atoms with Crippen LogP contribution in [0.2, 0.25) is 5.02 Å². The molecule has 0 spiro atoms. The van der Waals surface area contributed by atoms with Crippen LogP contribution in [0.3, 0.4) is 0 Å². The third-order valence-corrected chi connectivity index (χ3v) is 3.94. The molecule has 0 bridgehead atoms. The monoisotopic (exact) mass is 283 g/mol. The molecule has 5 nitrogen and oxygen atoms in total. The van der Waals surface area contributed by atoms with Gasteiger partial charge in [0, 0.05) is 31.9 Å². The van der Waals surface area contributed by atoms with Crippen molar-refractivity contribution in [1.82, 2.24) is 9.88 Å². The van der Waals surface area contributed by atoms with Gasteiger partial charge in [-0.3, -0.25) is 4.90 Å². The average molecular weight is 284 g/mol. The second kappa shape index (κ2) is 5.75. The van der Waals surface area contributed by atoms with Crippen LogP contribution in [0.4, 0.5) is 5.82 Å². The first-order valence-electron chi connectivity index (χ1n) is 6.37. The fourth-order valence-electron chi connectivity index (χ4n) is 2.36. The molecule has 1 fully saturated rings. The first-order valence-corrected chi connectivity index (χ1v) is 6.74. The number of carbonyl (C=O) groups is 1. The van der Waals surface area contributed by atoms with E-state index in [-0.39, 0.29) is 10.6 Å². The van der Waals surface area contributed by atoms with Crippen LogP contribution in [0, 0.1) is 0 Å². The van der Waals surface area contributed by atoms with Crippen molar-refractivity contribution in [2.75, 3.05) is 31.6 Å². The summed E-state index contributed by atoms with van der Waals surface area (Å²) < 4.78 is 0. The van der Waals surface area contributed by atoms with Crippen molar-refractivity contribution < 1.29 is 9.90 Å². The van der Waals surface area contributed by atoms with Crippen LogP contribution in [0.25, 0.3) is 0 Å². The fourth-order valence-corrected chi connectivity index (χ4v) is 2.54. The molecule has 19 heavy (non-hydrogen) atoms. The predicted octanol–water partition coefficient (Wildman–Crippen LogP) is 1.96. The van der Waals surface area contributed by atoms with Crippen LogP contribution >= 0.6 is 11.6 Å². The molecule has 6 heteroatoms. The summed E-state index contributed by atoms with van der Waals surface area (Å²) in [5.41, 5.74) is 0.110. The molecule has 0 aromatic carbocycles. The number of hydrogen-bond donors (Lipinski definition) is 1. The van der Waals surface area contributed by atoms with E-state index in [1.54, 1.807) is 6.07 Å². The highest BCUT2D eigenvalue weighted by molar-refractivity contribution is 6.33. The number of carboxylic acids is 1. The van der Waals surface area contributed by atoms with E-state index < -0.39 is 5.97 Å². The molecule has 0 radical (unpaired) electrons. The van der Waals surface area contributed by atoms with Gasteiger partial charge in [0.05, 0.1) is 10.6 Å². The number of carboxylic acid groups (broad SMARTS) is 1. The van der Waals surface area contributed by atoms with Crippen LogP contribution in [0.5, 0.6) is 0 Å². The van der Waals surface area contributed by atoms with Crippen molar-refractivity contribution in [3.8, 4) is 0 Å². The molecule has 2 rings (SSSR count). The van der Waals surface area contributed by atoms with E-state index in [0.717, 1.165) is 26.1 Å². The summed E-state index contributed by atoms with van der Waals surface area (Å²) in [4.78, 5) is 19.8. The van der Waals surface area contributed by atoms with E-state index in [2.05, 4.69) is 28.8 Å². The predicted molar refractivity (Wildman–Crippen MR) is 75.1 cm³/mol. The summed E-state index contributed by atoms with van der Waals surface area (Å²) in [7, 11) is 2.11. The van der Waals surface area contributed by atoms with Gasteiger partial charge in [-0.25, -0.2) is 9.78 Å². The number of hydrogen-bond acceptors (Lipinski definition) is 4. The molecule has 0 amide bonds. The van der Waals surface area contributed by atoms with Crippen LogP contribution in [0.1, 0.15) is 23.7 Å². The quantitative estimate of drug-likeness (QED) is 0.919. The molecule has 1 saturated heterocycles. The topological polar surface area (TPSA) is 56.7 Å². The molecule has 1 aromatic heterocycles. The highest BCUT2D eigenvalue weighted by atomic mass is 35.5. The first-order chi connectivity index (χ1) is 9.02. The minimum Gasteiger partial charge on any atom is -0.478 e. The molecule has 0 saturated carbocycles. The number of halogens is 1. The Kier molecular flexibility index (Phi) is 4.27. The van der Waals surface area contributed by atoms with Gasteiger partial charge in [0.2, 0.25) is 0 Å². The number of aromatic carboxylic acids is 1. The van der Waals surface area contributed by atoms with Crippen molar-refractivity contribution >= 4 is 23.4 Å². The van der Waals surface area contributed by atoms with Gasteiger partial charge in [-0.2, -0.15) is 0 Å². The molecule has 1 atom stereocenters. The lowest BCUT2D eigenvalue weighted by Gasteiger charge is -2.39. The van der Waals surface area contributed by atoms with Gasteiger partial charge in [0.15, 0.2) is 0 Å². The third kappa shape index (κ3) is 2.98. The van der Waals surface area contributed by atoms with Gasteiger partial charge in [-0.1, -0.05) is 18.5 Å². The molecule has 1 unspecified atom stereocenters. The van der Waals surface area contributed by atoms with Gasteiger partial charge in [-0.15, -0.1) is 0 Å². The zero-order valence-electron chi connectivity index (χ0n) is 11.1. The lowest BCUT2D eigenvalue weighted by Crippen LogP contribution is -2.51. The largest absolute Gasteiger partial charge is 0.478 e. The maximum absolute atomic E-state index is 11.1. The van der Waals surface area contributed by atoms with Crippen molar-refractivity contribution in [1.29, 1.82) is 0 Å². The lowest BCUT2D eigenvalue weighted by molar-refractivity contribution is 0.0697. The third-order valence-electron chi connectivity index (χ3n) is 3.64. The smallest absolute Gasteiger partial charge is 0.337 e. The Morgan fingerprint density at radius 1 is 1.58 bits per heavy atom. The number of anilines is 1. The molecule has 1 aromatic rings. The Morgan fingerprint density at radius 3 is 2.95 bits per heavy atom. The van der Waals surface area contributed by atoms with Crippen LogP contribution in [0.15, 0.2) is 12.3 Å². The first kappa shape index (κ1) is 14.1. The number of rotatable bonds is 3. The Balaban J connectivity index is 2.22. The minimum absolute atomic E-state index is 0.110. The van der Waals surface area contributed by atoms with E-state index in [0.29, 0.717) is 11.9 Å². The van der Waals surface area contributed by atoms with E-state index in [1.807, 2.05) is 0 Å². The van der Waals surface area contributed by atoms with Gasteiger partial charge < -0.3 is 10.0 Å². The SMILES string of the molecule is CCC1CN(c2cc(C(=O)O)c(Cl)cn2)CCN1C. The van der Waals surface area contributed by atoms with Gasteiger partial charge in [-0.05, 0) is 19.5 Å². The zero-order valence-corrected chi connectivity index (χ0v) is 11.9. The van der Waals surface area contributed by atoms with Crippen LogP contribution in [-0.4, -0.2) is 53.7 Å². The van der Waals surface area contributed by atoms with E-state index >= 15 is 0 Å². The highest BCUT2D eigenvalue weighted by Crippen LogP contribution is 2.23. The number of likely N-dealkylation sites (N-methyl/N-ethyl adjacent to an activating group) is 1. The lowest BCUT2D eigenvalue weighted by atomic mass is 10.1. The van der Waals surface area contributed by atoms with E-state index in [4.69, 9.17) is 16.7 Å². The Labute approximate surface area is 117 Å². The van der Waals surface area contributed by atoms with Crippen LogP contribution < -0.4 is 4.90 Å². The van der Waals surface area contributed by atoms with Gasteiger partial charge >= 0.3 is 5.97 Å². The Bertz CT molecular complexity index is 481. The van der Waals surface area contributed by atoms with E-state index in [1.165, 1.54) is 6.20 Å². The molecular formula is C13H18ClN3O2. The zero-order chi connectivity index (χ0) is 14.0. The van der Waals surface area contributed by atoms with Crippen molar-refractivity contribution in [2.45, 2.75) is 19.4 Å². The summed E-state index contributed by atoms with van der Waals surface area (Å²) in [6.45, 7) is 4.81. The number of piperazine rings is 1. The Hall–Kier alpha value is -1.33. The summed E-state index contributed by atoms with van der Waals surface area (Å²) in [6, 6.07) is 2.03. The van der Waals surface area contributed by atoms with E-state index in [9.17, 15) is 4.79 Å². The van der Waals surface area contributed by atoms with Crippen molar-refractivity contribution in [3.05, 3.63) is 22.8 Å². The second-order valence-electron chi connectivity index (χ2n) is 4.82. The number of nitrogens with zero attached hydrogens (tertiary/aromatic N) is 3. The second-order valence-corrected chi connectivity index (χ2v) is 5.22. The number of pyridine rings is 1. The summed E-state index contributed by atoms with van der Waals surface area (Å²) in [6.07, 6.45) is 2.48. The number of aromatic nitrogens is 1. The molecule has 0 aliphatic carbocycles. The van der Waals surface area contributed by atoms with Gasteiger partial charge in [0.25, 0.3) is 0 Å². The van der Waals surface area contributed by atoms with Gasteiger partial charge in [0.1, 0.15) is 5.82 Å². The highest BCUT2D eigenvalue weighted by Gasteiger charge is 2.24. The summed E-state index contributed by atoms with van der Waals surface area (Å²) >= 11 is 5.84. The molecule has 1 N–H and O–H groups in total. The fraction of sp³-hybridized carbons (Fsp3) is 0.538. The minimum atomic E-state index is -1.02. The van der Waals surface area contributed by atoms with Crippen molar-refractivity contribution in [2.24, 2.45) is 0 Å². The Morgan fingerprint density at radius 2 is 2.32 bits per heavy atom. The maximum Gasteiger partial charge on any atom is 0.337 e. The maximum atomic E-state index is 11.1. The standard InChI is InChI=1S/C13H18ClN3O2/c1-3-9-8-17(5-4-16(9)2)12-6-10(13(18)19)11(14)7-15-12/h6-7,9H,3-5,8H2,1-2H3,(H,18,19). The molecule has 104 valence electrons. The van der Waals surface area contributed by atoms with Crippen LogP contribution in [-0.2, 0) is 0 Å². The molecule has 1 aliphatic heterocycles. The molecule has 2 heterocycles. The molecule has 1 aliphatic rings. The van der Waals surface area contributed by atoms with Crippen molar-refractivity contribution in [3.63, 3.8) is 0 Å².